The van der Waals surface area contributed by atoms with Crippen molar-refractivity contribution in [2.24, 2.45) is 0 Å². The van der Waals surface area contributed by atoms with Crippen molar-refractivity contribution < 1.29 is 61.4 Å². The van der Waals surface area contributed by atoms with Gasteiger partial charge in [-0.05, 0) is 0 Å². The summed E-state index contributed by atoms with van der Waals surface area (Å²) in [6.45, 7) is -0.893. The Bertz CT molecular complexity index is 532. The summed E-state index contributed by atoms with van der Waals surface area (Å²) in [6, 6.07) is -1.29. The fourth-order valence-electron chi connectivity index (χ4n) is 1.39. The van der Waals surface area contributed by atoms with Crippen LogP contribution in [-0.2, 0) is 31.6 Å². The van der Waals surface area contributed by atoms with E-state index in [4.69, 9.17) is 32.2 Å². The monoisotopic (exact) mass is 384 g/mol. The minimum Gasteiger partial charge on any atom is -0.388 e. The Labute approximate surface area is 124 Å². The SMILES string of the molecule is [B]C1OC(COP(=O)(O)OP(=O)(O)OP(=O)(O)O)C(O)C1O. The Hall–Kier alpha value is 0.355. The second-order valence-electron chi connectivity index (χ2n) is 4.01. The lowest BCUT2D eigenvalue weighted by molar-refractivity contribution is -0.00869. The van der Waals surface area contributed by atoms with Crippen LogP contribution >= 0.6 is 23.5 Å². The molecule has 22 heavy (non-hydrogen) atoms. The van der Waals surface area contributed by atoms with Crippen LogP contribution in [0, 0.1) is 0 Å². The number of aliphatic hydroxyl groups is 2. The van der Waals surface area contributed by atoms with Crippen molar-refractivity contribution in [1.82, 2.24) is 0 Å². The number of phosphoric ester groups is 1. The number of phosphoric acid groups is 3. The molecule has 6 N–H and O–H groups in total. The van der Waals surface area contributed by atoms with Gasteiger partial charge in [0, 0.05) is 6.00 Å². The van der Waals surface area contributed by atoms with Crippen molar-refractivity contribution in [2.45, 2.75) is 24.3 Å². The second-order valence-corrected chi connectivity index (χ2v) is 8.43. The van der Waals surface area contributed by atoms with Gasteiger partial charge in [0.25, 0.3) is 0 Å². The maximum absolute atomic E-state index is 11.4. The van der Waals surface area contributed by atoms with Crippen LogP contribution in [-0.4, -0.2) is 68.6 Å². The topological polar surface area (TPSA) is 210 Å². The summed E-state index contributed by atoms with van der Waals surface area (Å²) < 4.78 is 48.7. The molecule has 6 unspecified atom stereocenters. The van der Waals surface area contributed by atoms with Crippen LogP contribution in [0.2, 0.25) is 0 Å². The van der Waals surface area contributed by atoms with Gasteiger partial charge < -0.3 is 34.5 Å². The van der Waals surface area contributed by atoms with Crippen molar-refractivity contribution in [3.8, 4) is 0 Å². The van der Waals surface area contributed by atoms with Gasteiger partial charge in [-0.2, -0.15) is 8.62 Å². The van der Waals surface area contributed by atoms with E-state index in [9.17, 15) is 23.9 Å². The van der Waals surface area contributed by atoms with Gasteiger partial charge >= 0.3 is 23.5 Å². The van der Waals surface area contributed by atoms with Crippen LogP contribution in [0.3, 0.4) is 0 Å². The molecule has 2 radical (unpaired) electrons. The quantitative estimate of drug-likeness (QED) is 0.206. The highest BCUT2D eigenvalue weighted by atomic mass is 31.3. The lowest BCUT2D eigenvalue weighted by Gasteiger charge is -2.19. The highest BCUT2D eigenvalue weighted by Gasteiger charge is 2.44. The lowest BCUT2D eigenvalue weighted by Crippen LogP contribution is -2.34. The van der Waals surface area contributed by atoms with Gasteiger partial charge in [-0.1, -0.05) is 0 Å². The van der Waals surface area contributed by atoms with E-state index in [0.717, 1.165) is 0 Å². The van der Waals surface area contributed by atoms with E-state index < -0.39 is 54.4 Å². The first-order valence-corrected chi connectivity index (χ1v) is 9.80. The van der Waals surface area contributed by atoms with Crippen LogP contribution in [0.15, 0.2) is 0 Å². The van der Waals surface area contributed by atoms with Crippen molar-refractivity contribution in [3.63, 3.8) is 0 Å². The summed E-state index contributed by atoms with van der Waals surface area (Å²) in [4.78, 5) is 34.7. The average Bonchev–Trinajstić information content (AvgIpc) is 2.49. The van der Waals surface area contributed by atoms with Gasteiger partial charge in [-0.3, -0.25) is 4.52 Å². The fourth-order valence-corrected chi connectivity index (χ4v) is 4.42. The summed E-state index contributed by atoms with van der Waals surface area (Å²) in [5.41, 5.74) is 0. The summed E-state index contributed by atoms with van der Waals surface area (Å²) in [5.74, 6) is 0. The summed E-state index contributed by atoms with van der Waals surface area (Å²) in [7, 11) is -11.2. The highest BCUT2D eigenvalue weighted by Crippen LogP contribution is 2.66. The normalized spacial score (nSPS) is 35.0. The number of aliphatic hydroxyl groups excluding tert-OH is 2. The number of ether oxygens (including phenoxy) is 1. The predicted octanol–water partition coefficient (Wildman–Crippen LogP) is -2.06. The van der Waals surface area contributed by atoms with Crippen LogP contribution in [0.5, 0.6) is 0 Å². The minimum atomic E-state index is -5.61. The Balaban J connectivity index is 2.60. The molecule has 0 saturated carbocycles. The van der Waals surface area contributed by atoms with Gasteiger partial charge in [0.05, 0.1) is 12.7 Å². The zero-order chi connectivity index (χ0) is 17.3. The third-order valence-electron chi connectivity index (χ3n) is 2.22. The van der Waals surface area contributed by atoms with Crippen LogP contribution in [0.25, 0.3) is 0 Å². The lowest BCUT2D eigenvalue weighted by atomic mass is 9.93. The van der Waals surface area contributed by atoms with E-state index in [1.807, 2.05) is 0 Å². The Kier molecular flexibility index (Phi) is 6.56. The molecule has 0 aromatic carbocycles. The van der Waals surface area contributed by atoms with Gasteiger partial charge in [-0.15, -0.1) is 0 Å². The van der Waals surface area contributed by atoms with Crippen LogP contribution in [0.1, 0.15) is 0 Å². The van der Waals surface area contributed by atoms with E-state index in [0.29, 0.717) is 0 Å². The predicted molar refractivity (Wildman–Crippen MR) is 66.2 cm³/mol. The zero-order valence-corrected chi connectivity index (χ0v) is 13.2. The van der Waals surface area contributed by atoms with Crippen molar-refractivity contribution in [2.75, 3.05) is 6.61 Å². The summed E-state index contributed by atoms with van der Waals surface area (Å²) in [5, 5.41) is 18.7. The maximum Gasteiger partial charge on any atom is 0.490 e. The zero-order valence-electron chi connectivity index (χ0n) is 10.5. The molecule has 17 heteroatoms. The molecule has 13 nitrogen and oxygen atoms in total. The Morgan fingerprint density at radius 1 is 0.955 bits per heavy atom. The third-order valence-corrected chi connectivity index (χ3v) is 6.02. The van der Waals surface area contributed by atoms with Crippen LogP contribution in [0.4, 0.5) is 0 Å². The average molecular weight is 384 g/mol. The van der Waals surface area contributed by atoms with Crippen molar-refractivity contribution in [1.29, 1.82) is 0 Å². The molecule has 0 aliphatic carbocycles. The van der Waals surface area contributed by atoms with Gasteiger partial charge in [0.1, 0.15) is 20.1 Å². The molecule has 1 rings (SSSR count). The number of hydrogen-bond donors (Lipinski definition) is 6. The molecule has 1 saturated heterocycles. The smallest absolute Gasteiger partial charge is 0.388 e. The van der Waals surface area contributed by atoms with Crippen molar-refractivity contribution in [3.05, 3.63) is 0 Å². The molecule has 1 aliphatic heterocycles. The molecule has 1 aliphatic rings. The van der Waals surface area contributed by atoms with E-state index in [1.54, 1.807) is 0 Å². The van der Waals surface area contributed by atoms with Gasteiger partial charge in [0.2, 0.25) is 0 Å². The molecule has 0 spiro atoms. The Morgan fingerprint density at radius 2 is 1.50 bits per heavy atom. The van der Waals surface area contributed by atoms with E-state index >= 15 is 0 Å². The largest absolute Gasteiger partial charge is 0.490 e. The molecular formula is C5H12BO13P3. The van der Waals surface area contributed by atoms with Gasteiger partial charge in [0.15, 0.2) is 0 Å². The number of rotatable bonds is 7. The molecule has 0 amide bonds. The first-order chi connectivity index (χ1) is 9.72. The molecule has 6 atom stereocenters. The van der Waals surface area contributed by atoms with E-state index in [1.165, 1.54) is 0 Å². The highest BCUT2D eigenvalue weighted by molar-refractivity contribution is 7.66. The second kappa shape index (κ2) is 7.08. The molecule has 128 valence electrons. The summed E-state index contributed by atoms with van der Waals surface area (Å²) in [6.07, 6.45) is -4.41. The van der Waals surface area contributed by atoms with Crippen molar-refractivity contribution >= 4 is 31.3 Å². The first kappa shape index (κ1) is 20.4. The van der Waals surface area contributed by atoms with E-state index in [2.05, 4.69) is 13.1 Å². The van der Waals surface area contributed by atoms with Gasteiger partial charge in [-0.25, -0.2) is 13.7 Å². The molecule has 1 fully saturated rings. The summed E-state index contributed by atoms with van der Waals surface area (Å²) >= 11 is 0. The maximum atomic E-state index is 11.4. The van der Waals surface area contributed by atoms with E-state index in [-0.39, 0.29) is 0 Å². The molecule has 0 bridgehead atoms. The third kappa shape index (κ3) is 6.46. The fraction of sp³-hybridized carbons (Fsp3) is 1.00. The minimum absolute atomic E-state index is 0.893. The molecule has 0 aromatic rings. The standard InChI is InChI=1S/C5H12BO13P3/c6-5-4(8)3(7)2(17-5)1-16-21(12,13)19-22(14,15)18-20(9,10)11/h2-5,7-8H,1H2,(H,12,13)(H,14,15)(H2,9,10,11). The van der Waals surface area contributed by atoms with Crippen LogP contribution < -0.4 is 0 Å². The molecule has 1 heterocycles. The first-order valence-electron chi connectivity index (χ1n) is 5.28. The molecule has 0 aromatic heterocycles. The molecular weight excluding hydrogens is 372 g/mol. The Morgan fingerprint density at radius 3 is 1.91 bits per heavy atom. The number of hydrogen-bond acceptors (Lipinski definition) is 9.